The second kappa shape index (κ2) is 17.9. The summed E-state index contributed by atoms with van der Waals surface area (Å²) in [6.45, 7) is 7.91. The van der Waals surface area contributed by atoms with Gasteiger partial charge in [0.05, 0.1) is 51.6 Å². The van der Waals surface area contributed by atoms with Gasteiger partial charge in [-0.25, -0.2) is 9.59 Å². The van der Waals surface area contributed by atoms with Gasteiger partial charge in [0, 0.05) is 31.4 Å². The zero-order chi connectivity index (χ0) is 34.2. The van der Waals surface area contributed by atoms with E-state index in [0.29, 0.717) is 37.5 Å². The maximum absolute atomic E-state index is 12.7. The number of nitrogens with zero attached hydrogens (tertiary/aromatic N) is 2. The van der Waals surface area contributed by atoms with E-state index < -0.39 is 54.8 Å². The number of aliphatic hydroxyl groups is 1. The van der Waals surface area contributed by atoms with E-state index >= 15 is 0 Å². The van der Waals surface area contributed by atoms with Gasteiger partial charge in [0.1, 0.15) is 6.73 Å². The molecule has 16 heteroatoms. The minimum atomic E-state index is -1.19. The lowest BCUT2D eigenvalue weighted by Crippen LogP contribution is -2.38. The summed E-state index contributed by atoms with van der Waals surface area (Å²) in [5, 5.41) is 19.4. The lowest BCUT2D eigenvalue weighted by molar-refractivity contribution is -0.385. The fourth-order valence-corrected chi connectivity index (χ4v) is 5.56. The van der Waals surface area contributed by atoms with Crippen LogP contribution in [0.5, 0.6) is 0 Å². The van der Waals surface area contributed by atoms with Gasteiger partial charge in [0.15, 0.2) is 0 Å². The molecule has 2 heterocycles. The number of H-pyrrole nitrogens is 1. The summed E-state index contributed by atoms with van der Waals surface area (Å²) in [5.41, 5.74) is -0.458. The summed E-state index contributed by atoms with van der Waals surface area (Å²) in [6.07, 6.45) is -0.466. The van der Waals surface area contributed by atoms with E-state index in [1.807, 2.05) is 13.6 Å². The van der Waals surface area contributed by atoms with Crippen molar-refractivity contribution in [1.29, 1.82) is 1.43 Å². The predicted octanol–water partition coefficient (Wildman–Crippen LogP) is 3.40. The third-order valence-corrected chi connectivity index (χ3v) is 8.32. The van der Waals surface area contributed by atoms with E-state index in [9.17, 15) is 24.5 Å². The second-order valence-corrected chi connectivity index (χ2v) is 11.6. The number of carbonyl (C=O) groups is 1. The first-order valence-corrected chi connectivity index (χ1v) is 15.5. The fraction of sp³-hybridized carbons (Fsp3) is 0.607. The Bertz CT molecular complexity index is 1370. The van der Waals surface area contributed by atoms with Crippen molar-refractivity contribution in [3.05, 3.63) is 72.5 Å². The van der Waals surface area contributed by atoms with Crippen molar-refractivity contribution in [1.82, 2.24) is 14.6 Å². The Morgan fingerprint density at radius 1 is 1.43 bits per heavy atom. The molecule has 0 bridgehead atoms. The number of benzene rings is 1. The number of hydrogen-bond acceptors (Lipinski definition) is 12. The summed E-state index contributed by atoms with van der Waals surface area (Å²) in [5.74, 6) is -1.52. The summed E-state index contributed by atoms with van der Waals surface area (Å²) < 4.78 is 41.8. The molecule has 1 aliphatic heterocycles. The quantitative estimate of drug-likeness (QED) is 0.0568. The van der Waals surface area contributed by atoms with Gasteiger partial charge in [-0.05, 0) is 38.8 Å². The zero-order valence-corrected chi connectivity index (χ0v) is 26.5. The molecule has 1 aromatic carbocycles. The highest BCUT2D eigenvalue weighted by Gasteiger charge is 2.41. The molecule has 1 saturated heterocycles. The number of nitro groups is 1. The molecule has 3 N–H and O–H groups in total. The Hall–Kier alpha value is -3.20. The number of nitro benzene ring substituents is 1. The van der Waals surface area contributed by atoms with Crippen LogP contribution in [0.15, 0.2) is 40.1 Å². The number of aromatic nitrogens is 2. The van der Waals surface area contributed by atoms with Crippen LogP contribution < -0.4 is 16.3 Å². The molecule has 3 rings (SSSR count). The normalized spacial score (nSPS) is 20.3. The average molecular weight is 646 g/mol. The molecule has 6 unspecified atom stereocenters. The summed E-state index contributed by atoms with van der Waals surface area (Å²) >= 11 is 0. The Morgan fingerprint density at radius 2 is 2.18 bits per heavy atom. The number of hydrogen-bond donors (Lipinski definition) is 3. The van der Waals surface area contributed by atoms with E-state index in [-0.39, 0.29) is 31.4 Å². The highest BCUT2D eigenvalue weighted by molar-refractivity contribution is 7.49. The lowest BCUT2D eigenvalue weighted by atomic mass is 9.84. The monoisotopic (exact) mass is 645 g/mol. The minimum Gasteiger partial charge on any atom is -0.434 e. The number of aryl methyl sites for hydroxylation is 1. The van der Waals surface area contributed by atoms with Crippen molar-refractivity contribution >= 4 is 20.1 Å². The Kier molecular flexibility index (Phi) is 13.7. The third-order valence-electron chi connectivity index (χ3n) is 7.17. The van der Waals surface area contributed by atoms with Crippen LogP contribution in [0.3, 0.4) is 0 Å². The number of ether oxygens (including phenoxy) is 4. The van der Waals surface area contributed by atoms with Crippen LogP contribution in [0.1, 0.15) is 52.1 Å². The first-order chi connectivity index (χ1) is 22.1. The van der Waals surface area contributed by atoms with Crippen molar-refractivity contribution in [3.63, 3.8) is 0 Å². The number of aromatic amines is 1. The van der Waals surface area contributed by atoms with Gasteiger partial charge < -0.3 is 28.6 Å². The average Bonchev–Trinajstić information content (AvgIpc) is 3.42. The van der Waals surface area contributed by atoms with Crippen LogP contribution in [-0.4, -0.2) is 79.9 Å². The van der Waals surface area contributed by atoms with Crippen LogP contribution in [-0.2, 0) is 23.5 Å². The molecule has 1 fully saturated rings. The smallest absolute Gasteiger partial charge is 0.434 e. The summed E-state index contributed by atoms with van der Waals surface area (Å²) in [6, 6.07) is 5.73. The molecule has 2 aromatic rings. The maximum Gasteiger partial charge on any atom is 0.510 e. The van der Waals surface area contributed by atoms with Gasteiger partial charge in [0.2, 0.25) is 7.72 Å². The fourth-order valence-electron chi connectivity index (χ4n) is 4.81. The van der Waals surface area contributed by atoms with Crippen LogP contribution in [0.2, 0.25) is 0 Å². The van der Waals surface area contributed by atoms with Gasteiger partial charge in [0.25, 0.3) is 11.2 Å². The van der Waals surface area contributed by atoms with Crippen LogP contribution in [0, 0.1) is 28.9 Å². The highest BCUT2D eigenvalue weighted by atomic mass is 31.2. The number of aliphatic hydroxyl groups excluding tert-OH is 1. The Balaban J connectivity index is 0.00000361. The zero-order valence-electron chi connectivity index (χ0n) is 27.6. The number of carbonyl (C=O) groups excluding carboxylic acids is 1. The van der Waals surface area contributed by atoms with Crippen molar-refractivity contribution < 1.29 is 39.7 Å². The van der Waals surface area contributed by atoms with E-state index in [1.54, 1.807) is 25.1 Å². The van der Waals surface area contributed by atoms with Crippen LogP contribution in [0.4, 0.5) is 10.5 Å². The number of para-hydroxylation sites is 1. The van der Waals surface area contributed by atoms with Gasteiger partial charge >= 0.3 is 11.8 Å². The lowest BCUT2D eigenvalue weighted by Gasteiger charge is -2.25. The first-order valence-electron chi connectivity index (χ1n) is 15.2. The first kappa shape index (κ1) is 33.7. The molecular formula is C28H43N4O11P. The topological polar surface area (TPSA) is 193 Å². The van der Waals surface area contributed by atoms with E-state index in [0.717, 1.165) is 0 Å². The maximum atomic E-state index is 12.7. The molecule has 0 spiro atoms. The Morgan fingerprint density at radius 3 is 2.89 bits per heavy atom. The molecule has 6 atom stereocenters. The molecule has 246 valence electrons. The molecule has 15 nitrogen and oxygen atoms in total. The number of nitrogens with one attached hydrogen (secondary N) is 2. The Labute approximate surface area is 259 Å². The van der Waals surface area contributed by atoms with Gasteiger partial charge in [-0.1, -0.05) is 32.5 Å². The van der Waals surface area contributed by atoms with Gasteiger partial charge in [-0.15, -0.1) is 0 Å². The van der Waals surface area contributed by atoms with Crippen LogP contribution in [0.25, 0.3) is 0 Å². The molecular weight excluding hydrogens is 599 g/mol. The van der Waals surface area contributed by atoms with Crippen molar-refractivity contribution in [2.75, 3.05) is 46.4 Å². The van der Waals surface area contributed by atoms with E-state index in [4.69, 9.17) is 26.3 Å². The summed E-state index contributed by atoms with van der Waals surface area (Å²) in [4.78, 5) is 50.5. The molecule has 0 amide bonds. The molecule has 0 aliphatic carbocycles. The van der Waals surface area contributed by atoms with Gasteiger partial charge in [-0.2, -0.15) is 0 Å². The standard InChI is InChI=1S/C27H39N4O11P.CH4/c1-5-38-16-28-43(4)41-11-10-19(20-8-6-7-9-22(20)31(36)37)18(3)14-40-27(35)42-25-21(13-32)23(15-39-25)30-12-17(2)24(33)29-26(30)34;/h6-9,12,18-19,21,23,25,28,32H,5,10-11,13-16H2,1-4H3,(H,29,33,34);1H4/i32D;1T. The number of rotatable bonds is 17. The SMILES string of the molecule is [2H]OCC1C(OC(=O)OCC(C)C(CCOP(C)NCOCC)c2ccccc2[N+](=O)[O-])OCC1n1cc(C)c(=O)[nH]c1=O.[3H]C. The molecule has 0 radical (unpaired) electrons. The van der Waals surface area contributed by atoms with E-state index in [1.165, 1.54) is 31.2 Å². The molecule has 1 aliphatic rings. The summed E-state index contributed by atoms with van der Waals surface area (Å²) in [7, 11) is 0.268. The van der Waals surface area contributed by atoms with Crippen molar-refractivity contribution in [2.24, 2.45) is 11.8 Å². The largest absolute Gasteiger partial charge is 0.510 e. The second-order valence-electron chi connectivity index (χ2n) is 10.1. The predicted molar refractivity (Wildman–Crippen MR) is 163 cm³/mol. The van der Waals surface area contributed by atoms with Crippen LogP contribution >= 0.6 is 8.30 Å². The molecule has 0 saturated carbocycles. The van der Waals surface area contributed by atoms with Crippen molar-refractivity contribution in [2.45, 2.75) is 52.8 Å². The third kappa shape index (κ3) is 9.91. The minimum absolute atomic E-state index is 0.0449. The van der Waals surface area contributed by atoms with Crippen molar-refractivity contribution in [3.8, 4) is 0 Å². The molecule has 1 aromatic heterocycles. The highest BCUT2D eigenvalue weighted by Crippen LogP contribution is 2.37. The molecule has 44 heavy (non-hydrogen) atoms. The van der Waals surface area contributed by atoms with E-state index in [2.05, 4.69) is 15.2 Å². The van der Waals surface area contributed by atoms with Gasteiger partial charge in [-0.3, -0.25) is 29.5 Å².